The van der Waals surface area contributed by atoms with Gasteiger partial charge in [-0.15, -0.1) is 0 Å². The predicted molar refractivity (Wildman–Crippen MR) is 115 cm³/mol. The highest BCUT2D eigenvalue weighted by atomic mass is 79.9. The van der Waals surface area contributed by atoms with E-state index in [0.29, 0.717) is 33.0 Å². The predicted octanol–water partition coefficient (Wildman–Crippen LogP) is 6.77. The summed E-state index contributed by atoms with van der Waals surface area (Å²) in [6.45, 7) is 0. The van der Waals surface area contributed by atoms with Crippen molar-refractivity contribution >= 4 is 44.6 Å². The van der Waals surface area contributed by atoms with E-state index in [9.17, 15) is 21.6 Å². The van der Waals surface area contributed by atoms with Crippen LogP contribution in [0.1, 0.15) is 5.56 Å². The molecule has 8 heteroatoms. The van der Waals surface area contributed by atoms with Crippen LogP contribution < -0.4 is 4.74 Å². The largest absolute Gasteiger partial charge is 0.496 e. The number of hydrogen-bond donors (Lipinski definition) is 0. The van der Waals surface area contributed by atoms with Crippen LogP contribution in [0.15, 0.2) is 71.6 Å². The second-order valence-corrected chi connectivity index (χ2v) is 10.5. The van der Waals surface area contributed by atoms with Gasteiger partial charge in [0.05, 0.1) is 32.4 Å². The van der Waals surface area contributed by atoms with Crippen molar-refractivity contribution in [1.29, 1.82) is 0 Å². The fraction of sp³-hybridized carbons (Fsp3) is 0.0909. The van der Waals surface area contributed by atoms with E-state index in [-0.39, 0.29) is 4.90 Å². The zero-order valence-electron chi connectivity index (χ0n) is 15.5. The third kappa shape index (κ3) is 3.54. The summed E-state index contributed by atoms with van der Waals surface area (Å²) in [4.78, 5) is 0.00639. The molecule has 0 amide bonds. The standard InChI is InChI=1S/C22H14BrF3O3S/c1-29-18-10-6-14-12-15(22(24,25)26)8-9-17(14)20(18)21-16-5-3-2-4-13(16)7-11-19(21)30(23,27)28/h2-12H,1H3. The number of methoxy groups -OCH3 is 1. The lowest BCUT2D eigenvalue weighted by atomic mass is 9.92. The molecule has 0 aliphatic heterocycles. The monoisotopic (exact) mass is 494 g/mol. The summed E-state index contributed by atoms with van der Waals surface area (Å²) in [5.41, 5.74) is 0.00288. The lowest BCUT2D eigenvalue weighted by Gasteiger charge is -2.18. The number of alkyl halides is 3. The van der Waals surface area contributed by atoms with Crippen molar-refractivity contribution in [2.45, 2.75) is 11.1 Å². The maximum atomic E-state index is 13.2. The topological polar surface area (TPSA) is 43.4 Å². The third-order valence-corrected chi connectivity index (χ3v) is 6.84. The Balaban J connectivity index is 2.20. The fourth-order valence-electron chi connectivity index (χ4n) is 3.63. The van der Waals surface area contributed by atoms with Gasteiger partial charge in [0.25, 0.3) is 0 Å². The minimum atomic E-state index is -4.49. The molecule has 0 saturated heterocycles. The van der Waals surface area contributed by atoms with Crippen molar-refractivity contribution in [2.75, 3.05) is 7.11 Å². The summed E-state index contributed by atoms with van der Waals surface area (Å²) in [7, 11) is -2.39. The molecule has 0 heterocycles. The van der Waals surface area contributed by atoms with Gasteiger partial charge >= 0.3 is 6.18 Å². The van der Waals surface area contributed by atoms with Gasteiger partial charge < -0.3 is 4.74 Å². The number of rotatable bonds is 3. The minimum absolute atomic E-state index is 0.00639. The van der Waals surface area contributed by atoms with Gasteiger partial charge in [0.15, 0.2) is 0 Å². The van der Waals surface area contributed by atoms with E-state index in [1.807, 2.05) is 12.1 Å². The molecule has 4 aromatic rings. The van der Waals surface area contributed by atoms with Crippen molar-refractivity contribution in [3.8, 4) is 16.9 Å². The molecule has 0 aliphatic carbocycles. The van der Waals surface area contributed by atoms with Crippen LogP contribution >= 0.6 is 14.8 Å². The van der Waals surface area contributed by atoms with Crippen LogP contribution in [-0.4, -0.2) is 15.5 Å². The number of ether oxygens (including phenoxy) is 1. The summed E-state index contributed by atoms with van der Waals surface area (Å²) < 4.78 is 70.1. The van der Waals surface area contributed by atoms with Gasteiger partial charge in [0.1, 0.15) is 5.75 Å². The lowest BCUT2D eigenvalue weighted by molar-refractivity contribution is -0.137. The molecule has 30 heavy (non-hydrogen) atoms. The molecule has 0 fully saturated rings. The molecule has 0 bridgehead atoms. The van der Waals surface area contributed by atoms with Crippen molar-refractivity contribution in [1.82, 2.24) is 0 Å². The lowest BCUT2D eigenvalue weighted by Crippen LogP contribution is -2.04. The number of benzene rings is 4. The molecule has 0 unspecified atom stereocenters. The van der Waals surface area contributed by atoms with Crippen LogP contribution in [0.3, 0.4) is 0 Å². The summed E-state index contributed by atoms with van der Waals surface area (Å²) in [5, 5.41) is 2.21. The molecule has 0 aromatic heterocycles. The fourth-order valence-corrected chi connectivity index (χ4v) is 5.12. The van der Waals surface area contributed by atoms with E-state index in [4.69, 9.17) is 4.74 Å². The Morgan fingerprint density at radius 2 is 1.50 bits per heavy atom. The van der Waals surface area contributed by atoms with Gasteiger partial charge in [-0.05, 0) is 45.8 Å². The van der Waals surface area contributed by atoms with E-state index in [1.165, 1.54) is 25.3 Å². The third-order valence-electron chi connectivity index (χ3n) is 4.93. The Morgan fingerprint density at radius 1 is 0.833 bits per heavy atom. The Hall–Kier alpha value is -2.58. The molecule has 3 nitrogen and oxygen atoms in total. The number of fused-ring (bicyclic) bond motifs is 2. The summed E-state index contributed by atoms with van der Waals surface area (Å²) >= 11 is 2.75. The smallest absolute Gasteiger partial charge is 0.416 e. The number of hydrogen-bond acceptors (Lipinski definition) is 3. The van der Waals surface area contributed by atoms with E-state index < -0.39 is 20.0 Å². The van der Waals surface area contributed by atoms with E-state index in [0.717, 1.165) is 17.5 Å². The highest BCUT2D eigenvalue weighted by Gasteiger charge is 2.31. The first-order valence-corrected chi connectivity index (χ1v) is 12.1. The molecule has 154 valence electrons. The first-order chi connectivity index (χ1) is 14.1. The molecule has 0 N–H and O–H groups in total. The van der Waals surface area contributed by atoms with Crippen LogP contribution in [0.5, 0.6) is 5.75 Å². The zero-order chi connectivity index (χ0) is 21.7. The normalized spacial score (nSPS) is 12.4. The quantitative estimate of drug-likeness (QED) is 0.295. The van der Waals surface area contributed by atoms with E-state index in [2.05, 4.69) is 14.8 Å². The van der Waals surface area contributed by atoms with Gasteiger partial charge in [-0.3, -0.25) is 0 Å². The van der Waals surface area contributed by atoms with Crippen molar-refractivity contribution < 1.29 is 26.3 Å². The summed E-state index contributed by atoms with van der Waals surface area (Å²) in [5.74, 6) is 0.357. The van der Waals surface area contributed by atoms with Crippen molar-refractivity contribution in [2.24, 2.45) is 0 Å². The summed E-state index contributed by atoms with van der Waals surface area (Å²) in [6.07, 6.45) is -4.49. The van der Waals surface area contributed by atoms with Crippen LogP contribution in [0.25, 0.3) is 32.7 Å². The second kappa shape index (κ2) is 7.28. The van der Waals surface area contributed by atoms with Crippen molar-refractivity contribution in [3.63, 3.8) is 0 Å². The maximum Gasteiger partial charge on any atom is 0.416 e. The Bertz CT molecular complexity index is 1400. The molecule has 4 aromatic carbocycles. The molecular weight excluding hydrogens is 481 g/mol. The van der Waals surface area contributed by atoms with Crippen LogP contribution in [0.4, 0.5) is 13.2 Å². The average molecular weight is 495 g/mol. The highest BCUT2D eigenvalue weighted by Crippen LogP contribution is 2.45. The van der Waals surface area contributed by atoms with Crippen molar-refractivity contribution in [3.05, 3.63) is 72.3 Å². The van der Waals surface area contributed by atoms with E-state index in [1.54, 1.807) is 24.3 Å². The molecular formula is C22H14BrF3O3S. The Kier molecular flexibility index (Phi) is 5.02. The molecule has 0 radical (unpaired) electrons. The SMILES string of the molecule is COc1ccc2cc(C(F)(F)F)ccc2c1-c1c(S(=O)(=O)Br)ccc2ccccc12. The first-order valence-electron chi connectivity index (χ1n) is 8.76. The van der Waals surface area contributed by atoms with Gasteiger partial charge in [-0.1, -0.05) is 42.5 Å². The highest BCUT2D eigenvalue weighted by molar-refractivity contribution is 9.47. The maximum absolute atomic E-state index is 13.2. The average Bonchev–Trinajstić information content (AvgIpc) is 2.70. The number of halogens is 4. The van der Waals surface area contributed by atoms with Gasteiger partial charge in [-0.2, -0.15) is 13.2 Å². The van der Waals surface area contributed by atoms with Gasteiger partial charge in [-0.25, -0.2) is 8.42 Å². The van der Waals surface area contributed by atoms with E-state index >= 15 is 0 Å². The van der Waals surface area contributed by atoms with Crippen LogP contribution in [0.2, 0.25) is 0 Å². The second-order valence-electron chi connectivity index (χ2n) is 6.67. The molecule has 0 atom stereocenters. The van der Waals surface area contributed by atoms with Crippen LogP contribution in [-0.2, 0) is 14.4 Å². The molecule has 0 spiro atoms. The molecule has 0 aliphatic rings. The summed E-state index contributed by atoms with van der Waals surface area (Å²) in [6, 6.07) is 16.8. The molecule has 0 saturated carbocycles. The first kappa shape index (κ1) is 20.7. The zero-order valence-corrected chi connectivity index (χ0v) is 17.9. The Labute approximate surface area is 178 Å². The Morgan fingerprint density at radius 3 is 2.17 bits per heavy atom. The van der Waals surface area contributed by atoms with Gasteiger partial charge in [0, 0.05) is 11.1 Å². The molecule has 4 rings (SSSR count). The van der Waals surface area contributed by atoms with Crippen LogP contribution in [0, 0.1) is 0 Å². The van der Waals surface area contributed by atoms with Gasteiger partial charge in [0.2, 0.25) is 8.27 Å². The minimum Gasteiger partial charge on any atom is -0.496 e.